The molecule has 1 aliphatic rings. The first-order chi connectivity index (χ1) is 8.46. The molecule has 0 radical (unpaired) electrons. The molecule has 1 aromatic rings. The highest BCUT2D eigenvalue weighted by atomic mass is 32.2. The van der Waals surface area contributed by atoms with E-state index < -0.39 is 16.4 Å². The second-order valence-electron chi connectivity index (χ2n) is 4.54. The molecule has 0 bridgehead atoms. The maximum Gasteiger partial charge on any atom is 0.202 e. The summed E-state index contributed by atoms with van der Waals surface area (Å²) in [7, 11) is -0.990. The van der Waals surface area contributed by atoms with Crippen LogP contribution in [0.25, 0.3) is 5.76 Å². The van der Waals surface area contributed by atoms with Crippen molar-refractivity contribution < 1.29 is 13.7 Å². The third-order valence-electron chi connectivity index (χ3n) is 3.26. The van der Waals surface area contributed by atoms with Crippen LogP contribution in [0.5, 0.6) is 0 Å². The number of carbonyl (C=O) groups excluding carboxylic acids is 1. The molecule has 0 amide bonds. The zero-order valence-corrected chi connectivity index (χ0v) is 11.5. The molecule has 1 heterocycles. The van der Waals surface area contributed by atoms with Gasteiger partial charge in [0.05, 0.1) is 0 Å². The van der Waals surface area contributed by atoms with E-state index in [1.54, 1.807) is 31.4 Å². The lowest BCUT2D eigenvalue weighted by molar-refractivity contribution is -0.127. The highest BCUT2D eigenvalue weighted by Gasteiger charge is 2.38. The van der Waals surface area contributed by atoms with Gasteiger partial charge in [-0.15, -0.1) is 0 Å². The van der Waals surface area contributed by atoms with Crippen molar-refractivity contribution in [1.82, 2.24) is 0 Å². The normalized spacial score (nSPS) is 24.6. The Morgan fingerprint density at radius 2 is 1.89 bits per heavy atom. The molecule has 18 heavy (non-hydrogen) atoms. The van der Waals surface area contributed by atoms with Gasteiger partial charge in [0.2, 0.25) is 5.78 Å². The van der Waals surface area contributed by atoms with Crippen molar-refractivity contribution in [3.8, 4) is 0 Å². The summed E-state index contributed by atoms with van der Waals surface area (Å²) in [5.74, 6) is 0.598. The van der Waals surface area contributed by atoms with E-state index in [0.717, 1.165) is 10.5 Å². The zero-order valence-electron chi connectivity index (χ0n) is 10.7. The summed E-state index contributed by atoms with van der Waals surface area (Å²) < 4.78 is 17.0. The van der Waals surface area contributed by atoms with E-state index in [1.807, 2.05) is 19.1 Å². The summed E-state index contributed by atoms with van der Waals surface area (Å²) in [6.07, 6.45) is 3.82. The van der Waals surface area contributed by atoms with Crippen LogP contribution >= 0.6 is 0 Å². The van der Waals surface area contributed by atoms with Gasteiger partial charge in [0, 0.05) is 33.6 Å². The Morgan fingerprint density at radius 3 is 2.33 bits per heavy atom. The second-order valence-corrected chi connectivity index (χ2v) is 5.92. The van der Waals surface area contributed by atoms with Gasteiger partial charge in [0.25, 0.3) is 0 Å². The first-order valence-corrected chi connectivity index (χ1v) is 7.41. The van der Waals surface area contributed by atoms with Crippen LogP contribution in [0.2, 0.25) is 0 Å². The fourth-order valence-electron chi connectivity index (χ4n) is 1.79. The van der Waals surface area contributed by atoms with Crippen molar-refractivity contribution >= 4 is 22.3 Å². The molecule has 3 nitrogen and oxygen atoms in total. The van der Waals surface area contributed by atoms with E-state index >= 15 is 0 Å². The zero-order chi connectivity index (χ0) is 13.3. The molecule has 2 rings (SSSR count). The van der Waals surface area contributed by atoms with Crippen molar-refractivity contribution in [2.24, 2.45) is 0 Å². The predicted octanol–water partition coefficient (Wildman–Crippen LogP) is 2.53. The summed E-state index contributed by atoms with van der Waals surface area (Å²) in [6, 6.07) is 7.25. The lowest BCUT2D eigenvalue weighted by Crippen LogP contribution is -2.31. The van der Waals surface area contributed by atoms with Crippen molar-refractivity contribution in [1.29, 1.82) is 0 Å². The summed E-state index contributed by atoms with van der Waals surface area (Å²) >= 11 is 0. The lowest BCUT2D eigenvalue weighted by Gasteiger charge is -2.21. The summed E-state index contributed by atoms with van der Waals surface area (Å²) in [5.41, 5.74) is 0.108. The van der Waals surface area contributed by atoms with Gasteiger partial charge < -0.3 is 4.74 Å². The highest BCUT2D eigenvalue weighted by Crippen LogP contribution is 2.33. The Labute approximate surface area is 109 Å². The minimum Gasteiger partial charge on any atom is -0.479 e. The van der Waals surface area contributed by atoms with Crippen LogP contribution in [0.1, 0.15) is 25.8 Å². The fourth-order valence-corrected chi connectivity index (χ4v) is 2.31. The van der Waals surface area contributed by atoms with Crippen LogP contribution in [-0.4, -0.2) is 21.8 Å². The van der Waals surface area contributed by atoms with Gasteiger partial charge in [-0.3, -0.25) is 9.00 Å². The molecule has 0 fully saturated rings. The van der Waals surface area contributed by atoms with E-state index in [9.17, 15) is 9.00 Å². The average Bonchev–Trinajstić information content (AvgIpc) is 2.67. The predicted molar refractivity (Wildman–Crippen MR) is 71.5 cm³/mol. The molecule has 0 saturated heterocycles. The average molecular weight is 264 g/mol. The number of rotatable bonds is 3. The van der Waals surface area contributed by atoms with Crippen molar-refractivity contribution in [3.63, 3.8) is 0 Å². The molecule has 2 unspecified atom stereocenters. The maximum atomic E-state index is 11.8. The number of hydrogen-bond donors (Lipinski definition) is 0. The van der Waals surface area contributed by atoms with Crippen molar-refractivity contribution in [3.05, 3.63) is 35.9 Å². The SMILES string of the molecule is CCC1(C)OC(c2ccc(S(C)=O)cc2)=CC1=O. The molecule has 1 aliphatic heterocycles. The van der Waals surface area contributed by atoms with Crippen LogP contribution in [0.3, 0.4) is 0 Å². The smallest absolute Gasteiger partial charge is 0.202 e. The van der Waals surface area contributed by atoms with Gasteiger partial charge in [-0.05, 0) is 25.5 Å². The van der Waals surface area contributed by atoms with Crippen LogP contribution in [0, 0.1) is 0 Å². The van der Waals surface area contributed by atoms with E-state index in [0.29, 0.717) is 12.2 Å². The Balaban J connectivity index is 2.27. The topological polar surface area (TPSA) is 43.4 Å². The van der Waals surface area contributed by atoms with Gasteiger partial charge in [-0.25, -0.2) is 0 Å². The number of carbonyl (C=O) groups is 1. The number of ketones is 1. The van der Waals surface area contributed by atoms with Gasteiger partial charge in [-0.2, -0.15) is 0 Å². The molecule has 0 aromatic heterocycles. The monoisotopic (exact) mass is 264 g/mol. The second kappa shape index (κ2) is 4.69. The molecule has 4 heteroatoms. The molecule has 96 valence electrons. The molecule has 2 atom stereocenters. The van der Waals surface area contributed by atoms with Crippen molar-refractivity contribution in [2.75, 3.05) is 6.26 Å². The molecular formula is C14H16O3S. The van der Waals surface area contributed by atoms with E-state index in [4.69, 9.17) is 4.74 Å². The minimum atomic E-state index is -0.990. The van der Waals surface area contributed by atoms with E-state index in [-0.39, 0.29) is 5.78 Å². The number of hydrogen-bond acceptors (Lipinski definition) is 3. The minimum absolute atomic E-state index is 0.00291. The third-order valence-corrected chi connectivity index (χ3v) is 4.20. The van der Waals surface area contributed by atoms with E-state index in [2.05, 4.69) is 0 Å². The summed E-state index contributed by atoms with van der Waals surface area (Å²) in [4.78, 5) is 12.6. The van der Waals surface area contributed by atoms with Crippen LogP contribution < -0.4 is 0 Å². The Hall–Kier alpha value is -1.42. The van der Waals surface area contributed by atoms with Crippen LogP contribution in [0.4, 0.5) is 0 Å². The Kier molecular flexibility index (Phi) is 3.39. The summed E-state index contributed by atoms with van der Waals surface area (Å²) in [5, 5.41) is 0. The quantitative estimate of drug-likeness (QED) is 0.842. The molecule has 1 aromatic carbocycles. The summed E-state index contributed by atoms with van der Waals surface area (Å²) in [6.45, 7) is 3.73. The Bertz CT molecular complexity index is 530. The van der Waals surface area contributed by atoms with Crippen molar-refractivity contribution in [2.45, 2.75) is 30.8 Å². The highest BCUT2D eigenvalue weighted by molar-refractivity contribution is 7.84. The Morgan fingerprint density at radius 1 is 1.28 bits per heavy atom. The molecule has 0 saturated carbocycles. The first kappa shape index (κ1) is 13.0. The van der Waals surface area contributed by atoms with Crippen LogP contribution in [0.15, 0.2) is 35.2 Å². The number of ether oxygens (including phenoxy) is 1. The molecule has 0 aliphatic carbocycles. The standard InChI is InChI=1S/C14H16O3S/c1-4-14(2)13(15)9-12(17-14)10-5-7-11(8-6-10)18(3)16/h5-9H,4H2,1-3H3. The van der Waals surface area contributed by atoms with Gasteiger partial charge >= 0.3 is 0 Å². The molecular weight excluding hydrogens is 248 g/mol. The van der Waals surface area contributed by atoms with Gasteiger partial charge in [0.1, 0.15) is 5.76 Å². The third kappa shape index (κ3) is 2.25. The molecule has 0 spiro atoms. The number of benzene rings is 1. The largest absolute Gasteiger partial charge is 0.479 e. The fraction of sp³-hybridized carbons (Fsp3) is 0.357. The van der Waals surface area contributed by atoms with E-state index in [1.165, 1.54) is 0 Å². The van der Waals surface area contributed by atoms with Gasteiger partial charge in [0.15, 0.2) is 5.60 Å². The van der Waals surface area contributed by atoms with Gasteiger partial charge in [-0.1, -0.05) is 19.1 Å². The maximum absolute atomic E-state index is 11.8. The lowest BCUT2D eigenvalue weighted by atomic mass is 9.99. The van der Waals surface area contributed by atoms with Crippen LogP contribution in [-0.2, 0) is 20.3 Å². The first-order valence-electron chi connectivity index (χ1n) is 5.85. The molecule has 0 N–H and O–H groups in total.